The van der Waals surface area contributed by atoms with Crippen LogP contribution in [0.15, 0.2) is 29.2 Å². The molecule has 12 heteroatoms. The number of halogens is 3. The number of nitrogens with zero attached hydrogens (tertiary/aromatic N) is 6. The Morgan fingerprint density at radius 1 is 1.26 bits per heavy atom. The zero-order valence-electron chi connectivity index (χ0n) is 18.8. The summed E-state index contributed by atoms with van der Waals surface area (Å²) in [6, 6.07) is 3.47. The highest BCUT2D eigenvalue weighted by atomic mass is 32.1. The minimum atomic E-state index is -4.45. The number of rotatable bonds is 4. The molecular formula is C23H22F3N7OS. The molecule has 1 unspecified atom stereocenters. The third kappa shape index (κ3) is 4.49. The molecule has 0 amide bonds. The van der Waals surface area contributed by atoms with Crippen LogP contribution >= 0.6 is 11.3 Å². The molecule has 0 radical (unpaired) electrons. The number of alkyl halides is 3. The molecule has 35 heavy (non-hydrogen) atoms. The average Bonchev–Trinajstić information content (AvgIpc) is 3.39. The molecule has 3 aromatic heterocycles. The monoisotopic (exact) mass is 501 g/mol. The first-order valence-electron chi connectivity index (χ1n) is 11.1. The number of anilines is 1. The van der Waals surface area contributed by atoms with Gasteiger partial charge in [0.25, 0.3) is 5.56 Å². The molecule has 8 nitrogen and oxygen atoms in total. The van der Waals surface area contributed by atoms with E-state index in [0.29, 0.717) is 33.2 Å². The first-order valence-corrected chi connectivity index (χ1v) is 11.9. The summed E-state index contributed by atoms with van der Waals surface area (Å²) in [4.78, 5) is 24.5. The third-order valence-corrected chi connectivity index (χ3v) is 6.95. The lowest BCUT2D eigenvalue weighted by Gasteiger charge is -2.31. The zero-order chi connectivity index (χ0) is 24.7. The number of hydrogen-bond acceptors (Lipinski definition) is 7. The smallest absolute Gasteiger partial charge is 0.341 e. The molecule has 1 fully saturated rings. The fourth-order valence-electron chi connectivity index (χ4n) is 4.27. The summed E-state index contributed by atoms with van der Waals surface area (Å²) in [7, 11) is 0. The molecule has 0 spiro atoms. The molecule has 1 aliphatic heterocycles. The van der Waals surface area contributed by atoms with Crippen molar-refractivity contribution in [2.45, 2.75) is 45.1 Å². The maximum Gasteiger partial charge on any atom is 0.416 e. The highest BCUT2D eigenvalue weighted by Crippen LogP contribution is 2.33. The predicted octanol–water partition coefficient (Wildman–Crippen LogP) is 3.22. The van der Waals surface area contributed by atoms with E-state index in [1.807, 2.05) is 0 Å². The first kappa shape index (κ1) is 23.3. The van der Waals surface area contributed by atoms with E-state index in [0.717, 1.165) is 31.5 Å². The second-order valence-electron chi connectivity index (χ2n) is 8.40. The number of piperidine rings is 1. The van der Waals surface area contributed by atoms with Gasteiger partial charge in [-0.25, -0.2) is 14.6 Å². The molecule has 4 heterocycles. The fraction of sp³-hybridized carbons (Fsp3) is 0.391. The molecule has 4 aromatic rings. The van der Waals surface area contributed by atoms with Gasteiger partial charge in [-0.1, -0.05) is 5.92 Å². The molecule has 2 N–H and O–H groups in total. The van der Waals surface area contributed by atoms with E-state index in [1.54, 1.807) is 11.5 Å². The first-order chi connectivity index (χ1) is 16.7. The van der Waals surface area contributed by atoms with Gasteiger partial charge in [0.15, 0.2) is 0 Å². The second-order valence-corrected chi connectivity index (χ2v) is 9.52. The Hall–Kier alpha value is -3.43. The van der Waals surface area contributed by atoms with Crippen molar-refractivity contribution in [3.05, 3.63) is 45.3 Å². The Morgan fingerprint density at radius 2 is 2.09 bits per heavy atom. The van der Waals surface area contributed by atoms with E-state index in [2.05, 4.69) is 31.8 Å². The molecular weight excluding hydrogens is 479 g/mol. The topological polar surface area (TPSA) is 94.9 Å². The van der Waals surface area contributed by atoms with Crippen molar-refractivity contribution >= 4 is 38.5 Å². The van der Waals surface area contributed by atoms with E-state index in [-0.39, 0.29) is 30.2 Å². The summed E-state index contributed by atoms with van der Waals surface area (Å²) in [6.45, 7) is 3.46. The molecule has 0 aliphatic carbocycles. The normalized spacial score (nSPS) is 16.6. The van der Waals surface area contributed by atoms with Gasteiger partial charge in [0.2, 0.25) is 5.95 Å². The van der Waals surface area contributed by atoms with Crippen LogP contribution in [0.3, 0.4) is 0 Å². The Kier molecular flexibility index (Phi) is 5.98. The molecule has 1 saturated heterocycles. The molecule has 0 bridgehead atoms. The summed E-state index contributed by atoms with van der Waals surface area (Å²) in [5.41, 5.74) is 6.10. The largest absolute Gasteiger partial charge is 0.416 e. The summed E-state index contributed by atoms with van der Waals surface area (Å²) in [6.07, 6.45) is -1.06. The van der Waals surface area contributed by atoms with Gasteiger partial charge in [0.05, 0.1) is 35.1 Å². The van der Waals surface area contributed by atoms with Crippen molar-refractivity contribution in [2.75, 3.05) is 18.0 Å². The lowest BCUT2D eigenvalue weighted by atomic mass is 10.1. The van der Waals surface area contributed by atoms with Gasteiger partial charge < -0.3 is 10.6 Å². The molecule has 1 aromatic carbocycles. The van der Waals surface area contributed by atoms with Gasteiger partial charge in [0, 0.05) is 19.1 Å². The van der Waals surface area contributed by atoms with Gasteiger partial charge in [-0.3, -0.25) is 9.36 Å². The predicted molar refractivity (Wildman–Crippen MR) is 128 cm³/mol. The van der Waals surface area contributed by atoms with Crippen LogP contribution in [0, 0.1) is 11.8 Å². The van der Waals surface area contributed by atoms with Crippen molar-refractivity contribution in [2.24, 2.45) is 5.73 Å². The average molecular weight is 502 g/mol. The van der Waals surface area contributed by atoms with E-state index in [4.69, 9.17) is 5.73 Å². The van der Waals surface area contributed by atoms with Crippen molar-refractivity contribution in [3.8, 4) is 11.8 Å². The number of nitrogens with two attached hydrogens (primary N) is 1. The molecule has 1 aliphatic rings. The van der Waals surface area contributed by atoms with Crippen LogP contribution in [-0.2, 0) is 19.3 Å². The second kappa shape index (κ2) is 8.98. The van der Waals surface area contributed by atoms with Crippen LogP contribution in [0.5, 0.6) is 0 Å². The Morgan fingerprint density at radius 3 is 2.83 bits per heavy atom. The van der Waals surface area contributed by atoms with E-state index >= 15 is 0 Å². The van der Waals surface area contributed by atoms with Crippen molar-refractivity contribution in [1.29, 1.82) is 0 Å². The Labute approximate surface area is 202 Å². The van der Waals surface area contributed by atoms with Gasteiger partial charge in [0.1, 0.15) is 16.0 Å². The summed E-state index contributed by atoms with van der Waals surface area (Å²) in [5, 5.41) is 4.74. The molecule has 182 valence electrons. The molecule has 1 atom stereocenters. The van der Waals surface area contributed by atoms with Crippen LogP contribution in [-0.4, -0.2) is 43.4 Å². The Balaban J connectivity index is 1.54. The number of imidazole rings is 1. The number of hydrogen-bond donors (Lipinski definition) is 1. The van der Waals surface area contributed by atoms with Crippen molar-refractivity contribution < 1.29 is 13.2 Å². The van der Waals surface area contributed by atoms with Crippen LogP contribution in [0.25, 0.3) is 21.3 Å². The minimum Gasteiger partial charge on any atom is -0.341 e. The number of fused-ring (bicyclic) bond motifs is 2. The molecule has 5 rings (SSSR count). The quantitative estimate of drug-likeness (QED) is 0.432. The Bertz CT molecular complexity index is 1530. The summed E-state index contributed by atoms with van der Waals surface area (Å²) < 4.78 is 42.8. The van der Waals surface area contributed by atoms with Gasteiger partial charge >= 0.3 is 6.18 Å². The van der Waals surface area contributed by atoms with Crippen LogP contribution < -0.4 is 16.2 Å². The van der Waals surface area contributed by atoms with Crippen molar-refractivity contribution in [3.63, 3.8) is 0 Å². The number of thiazole rings is 1. The van der Waals surface area contributed by atoms with Gasteiger partial charge in [-0.2, -0.15) is 18.3 Å². The van der Waals surface area contributed by atoms with E-state index in [1.165, 1.54) is 28.3 Å². The van der Waals surface area contributed by atoms with Crippen LogP contribution in [0.2, 0.25) is 0 Å². The van der Waals surface area contributed by atoms with Gasteiger partial charge in [-0.05, 0) is 38.0 Å². The van der Waals surface area contributed by atoms with Crippen LogP contribution in [0.1, 0.15) is 30.3 Å². The highest BCUT2D eigenvalue weighted by Gasteiger charge is 2.31. The highest BCUT2D eigenvalue weighted by molar-refractivity contribution is 7.18. The lowest BCUT2D eigenvalue weighted by Crippen LogP contribution is -2.44. The van der Waals surface area contributed by atoms with Gasteiger partial charge in [-0.15, -0.1) is 17.3 Å². The maximum atomic E-state index is 13.5. The summed E-state index contributed by atoms with van der Waals surface area (Å²) >= 11 is 1.23. The third-order valence-electron chi connectivity index (χ3n) is 5.93. The number of aromatic nitrogens is 5. The molecule has 0 saturated carbocycles. The SMILES string of the molecule is CC#CCn1c(N2CCCC(N)C2)nc2cnn(Cc3nc4cc(C(F)(F)F)ccc4s3)c(=O)c21. The van der Waals surface area contributed by atoms with Crippen LogP contribution in [0.4, 0.5) is 19.1 Å². The number of benzene rings is 1. The maximum absolute atomic E-state index is 13.5. The fourth-order valence-corrected chi connectivity index (χ4v) is 5.20. The minimum absolute atomic E-state index is 0.0287. The lowest BCUT2D eigenvalue weighted by molar-refractivity contribution is -0.137. The zero-order valence-corrected chi connectivity index (χ0v) is 19.7. The standard InChI is InChI=1S/C23H22F3N7OS/c1-2-3-9-32-20-17(30-22(32)31-8-4-5-15(27)12-31)11-28-33(21(20)34)13-19-29-16-10-14(23(24,25)26)6-7-18(16)35-19/h6-7,10-11,15H,4-5,8-9,12-13,27H2,1H3. The van der Waals surface area contributed by atoms with Crippen molar-refractivity contribution in [1.82, 2.24) is 24.3 Å². The summed E-state index contributed by atoms with van der Waals surface area (Å²) in [5.74, 6) is 6.50. The van der Waals surface area contributed by atoms with E-state index in [9.17, 15) is 18.0 Å². The van der Waals surface area contributed by atoms with E-state index < -0.39 is 11.7 Å².